The van der Waals surface area contributed by atoms with Crippen LogP contribution in [0.4, 0.5) is 0 Å². The number of nitrogens with one attached hydrogen (secondary N) is 1. The summed E-state index contributed by atoms with van der Waals surface area (Å²) in [5.74, 6) is 0.102. The molecule has 1 aliphatic heterocycles. The van der Waals surface area contributed by atoms with Gasteiger partial charge in [0, 0.05) is 18.7 Å². The van der Waals surface area contributed by atoms with E-state index >= 15 is 0 Å². The van der Waals surface area contributed by atoms with E-state index in [0.29, 0.717) is 17.9 Å². The zero-order chi connectivity index (χ0) is 14.9. The molecule has 2 amide bonds. The van der Waals surface area contributed by atoms with Crippen molar-refractivity contribution in [3.63, 3.8) is 0 Å². The Balaban J connectivity index is 2.41. The molecule has 0 bridgehead atoms. The Morgan fingerprint density at radius 2 is 2.00 bits per heavy atom. The van der Waals surface area contributed by atoms with Gasteiger partial charge in [0.15, 0.2) is 0 Å². The van der Waals surface area contributed by atoms with E-state index in [1.165, 1.54) is 4.90 Å². The molecule has 1 aliphatic rings. The zero-order valence-corrected chi connectivity index (χ0v) is 12.6. The van der Waals surface area contributed by atoms with E-state index in [4.69, 9.17) is 0 Å². The Kier molecular flexibility index (Phi) is 4.23. The van der Waals surface area contributed by atoms with Gasteiger partial charge in [0.05, 0.1) is 6.42 Å². The molecule has 0 saturated carbocycles. The van der Waals surface area contributed by atoms with Crippen LogP contribution in [0.2, 0.25) is 0 Å². The lowest BCUT2D eigenvalue weighted by molar-refractivity contribution is -0.127. The topological polar surface area (TPSA) is 49.4 Å². The summed E-state index contributed by atoms with van der Waals surface area (Å²) >= 11 is 0. The lowest BCUT2D eigenvalue weighted by Gasteiger charge is -2.27. The minimum Gasteiger partial charge on any atom is -0.310 e. The van der Waals surface area contributed by atoms with Crippen LogP contribution in [-0.4, -0.2) is 30.3 Å². The summed E-state index contributed by atoms with van der Waals surface area (Å²) < 4.78 is 0. The van der Waals surface area contributed by atoms with Gasteiger partial charge in [-0.15, -0.1) is 0 Å². The second-order valence-electron chi connectivity index (χ2n) is 5.63. The summed E-state index contributed by atoms with van der Waals surface area (Å²) in [5.41, 5.74) is 2.60. The molecule has 0 spiro atoms. The number of fused-ring (bicyclic) bond motifs is 1. The van der Waals surface area contributed by atoms with Crippen LogP contribution in [0, 0.1) is 5.92 Å². The Morgan fingerprint density at radius 3 is 2.60 bits per heavy atom. The van der Waals surface area contributed by atoms with Crippen LogP contribution in [0.1, 0.15) is 48.3 Å². The molecule has 0 saturated heterocycles. The fourth-order valence-corrected chi connectivity index (χ4v) is 2.67. The Hall–Kier alpha value is -1.68. The molecule has 1 atom stereocenters. The number of amides is 2. The van der Waals surface area contributed by atoms with Crippen molar-refractivity contribution in [1.29, 1.82) is 0 Å². The Bertz CT molecular complexity index is 537. The first kappa shape index (κ1) is 14.7. The standard InChI is InChI=1S/C16H22N2O2/c1-5-17-15(10(2)3)12-7-6-11-9-14(19)18(4)16(20)13(11)8-12/h6-8,10,15,17H,5,9H2,1-4H3. The van der Waals surface area contributed by atoms with Crippen molar-refractivity contribution in [3.8, 4) is 0 Å². The first-order valence-corrected chi connectivity index (χ1v) is 7.12. The van der Waals surface area contributed by atoms with E-state index in [9.17, 15) is 9.59 Å². The quantitative estimate of drug-likeness (QED) is 0.856. The van der Waals surface area contributed by atoms with Crippen molar-refractivity contribution in [2.75, 3.05) is 13.6 Å². The van der Waals surface area contributed by atoms with Gasteiger partial charge in [0.25, 0.3) is 5.91 Å². The lowest BCUT2D eigenvalue weighted by atomic mass is 9.90. The predicted octanol–water partition coefficient (Wildman–Crippen LogP) is 2.15. The minimum atomic E-state index is -0.197. The van der Waals surface area contributed by atoms with E-state index in [-0.39, 0.29) is 17.9 Å². The van der Waals surface area contributed by atoms with Gasteiger partial charge in [-0.2, -0.15) is 0 Å². The fraction of sp³-hybridized carbons (Fsp3) is 0.500. The fourth-order valence-electron chi connectivity index (χ4n) is 2.67. The number of hydrogen-bond acceptors (Lipinski definition) is 3. The molecule has 2 rings (SSSR count). The molecule has 0 fully saturated rings. The third-order valence-corrected chi connectivity index (χ3v) is 3.83. The van der Waals surface area contributed by atoms with Gasteiger partial charge in [-0.25, -0.2) is 0 Å². The van der Waals surface area contributed by atoms with Crippen molar-refractivity contribution in [3.05, 3.63) is 34.9 Å². The maximum atomic E-state index is 12.2. The molecular weight excluding hydrogens is 252 g/mol. The maximum absolute atomic E-state index is 12.2. The highest BCUT2D eigenvalue weighted by Crippen LogP contribution is 2.27. The van der Waals surface area contributed by atoms with E-state index in [0.717, 1.165) is 17.7 Å². The largest absolute Gasteiger partial charge is 0.310 e. The van der Waals surface area contributed by atoms with E-state index in [2.05, 4.69) is 26.1 Å². The first-order valence-electron chi connectivity index (χ1n) is 7.12. The minimum absolute atomic E-state index is 0.137. The van der Waals surface area contributed by atoms with Crippen molar-refractivity contribution in [2.24, 2.45) is 5.92 Å². The highest BCUT2D eigenvalue weighted by Gasteiger charge is 2.29. The molecule has 1 aromatic rings. The molecule has 1 unspecified atom stereocenters. The SMILES string of the molecule is CCNC(c1ccc2c(c1)C(=O)N(C)C(=O)C2)C(C)C. The van der Waals surface area contributed by atoms with Gasteiger partial charge in [-0.3, -0.25) is 14.5 Å². The molecule has 1 N–H and O–H groups in total. The number of imide groups is 1. The molecule has 4 nitrogen and oxygen atoms in total. The summed E-state index contributed by atoms with van der Waals surface area (Å²) in [4.78, 5) is 25.1. The lowest BCUT2D eigenvalue weighted by Crippen LogP contribution is -2.39. The van der Waals surface area contributed by atoms with Crippen molar-refractivity contribution in [1.82, 2.24) is 10.2 Å². The highest BCUT2D eigenvalue weighted by molar-refractivity contribution is 6.09. The maximum Gasteiger partial charge on any atom is 0.260 e. The number of likely N-dealkylation sites (N-methyl/N-ethyl adjacent to an activating group) is 1. The van der Waals surface area contributed by atoms with Gasteiger partial charge >= 0.3 is 0 Å². The summed E-state index contributed by atoms with van der Waals surface area (Å²) in [6.07, 6.45) is 0.311. The van der Waals surface area contributed by atoms with Gasteiger partial charge in [0.2, 0.25) is 5.91 Å². The summed E-state index contributed by atoms with van der Waals surface area (Å²) in [6, 6.07) is 6.10. The van der Waals surface area contributed by atoms with Gasteiger partial charge in [-0.05, 0) is 29.7 Å². The highest BCUT2D eigenvalue weighted by atomic mass is 16.2. The van der Waals surface area contributed by atoms with Crippen LogP contribution in [0.5, 0.6) is 0 Å². The van der Waals surface area contributed by atoms with Gasteiger partial charge in [-0.1, -0.05) is 32.9 Å². The molecule has 0 aromatic heterocycles. The molecular formula is C16H22N2O2. The van der Waals surface area contributed by atoms with Crippen LogP contribution in [-0.2, 0) is 11.2 Å². The van der Waals surface area contributed by atoms with Gasteiger partial charge < -0.3 is 5.32 Å². The number of hydrogen-bond donors (Lipinski definition) is 1. The first-order chi connectivity index (χ1) is 9.45. The Morgan fingerprint density at radius 1 is 1.30 bits per heavy atom. The van der Waals surface area contributed by atoms with Crippen LogP contribution in [0.25, 0.3) is 0 Å². The average molecular weight is 274 g/mol. The monoisotopic (exact) mass is 274 g/mol. The summed E-state index contributed by atoms with van der Waals surface area (Å²) in [6.45, 7) is 7.27. The second-order valence-corrected chi connectivity index (χ2v) is 5.63. The van der Waals surface area contributed by atoms with Crippen LogP contribution in [0.15, 0.2) is 18.2 Å². The smallest absolute Gasteiger partial charge is 0.260 e. The molecule has 4 heteroatoms. The van der Waals surface area contributed by atoms with Crippen LogP contribution < -0.4 is 5.32 Å². The number of carbonyl (C=O) groups is 2. The van der Waals surface area contributed by atoms with E-state index in [1.807, 2.05) is 18.2 Å². The molecule has 0 aliphatic carbocycles. The van der Waals surface area contributed by atoms with E-state index < -0.39 is 0 Å². The van der Waals surface area contributed by atoms with Gasteiger partial charge in [0.1, 0.15) is 0 Å². The number of benzene rings is 1. The Labute approximate surface area is 120 Å². The summed E-state index contributed by atoms with van der Waals surface area (Å²) in [7, 11) is 1.55. The van der Waals surface area contributed by atoms with E-state index in [1.54, 1.807) is 7.05 Å². The van der Waals surface area contributed by atoms with Crippen molar-refractivity contribution >= 4 is 11.8 Å². The number of nitrogens with zero attached hydrogens (tertiary/aromatic N) is 1. The molecule has 20 heavy (non-hydrogen) atoms. The molecule has 1 aromatic carbocycles. The van der Waals surface area contributed by atoms with Crippen LogP contribution >= 0.6 is 0 Å². The molecule has 0 radical (unpaired) electrons. The van der Waals surface area contributed by atoms with Crippen LogP contribution in [0.3, 0.4) is 0 Å². The zero-order valence-electron chi connectivity index (χ0n) is 12.6. The molecule has 1 heterocycles. The predicted molar refractivity (Wildman–Crippen MR) is 78.5 cm³/mol. The van der Waals surface area contributed by atoms with Crippen molar-refractivity contribution < 1.29 is 9.59 Å². The normalized spacial score (nSPS) is 16.6. The molecule has 108 valence electrons. The third-order valence-electron chi connectivity index (χ3n) is 3.83. The summed E-state index contributed by atoms with van der Waals surface area (Å²) in [5, 5.41) is 3.45. The number of rotatable bonds is 4. The number of carbonyl (C=O) groups excluding carboxylic acids is 2. The van der Waals surface area contributed by atoms with Crippen molar-refractivity contribution in [2.45, 2.75) is 33.2 Å². The average Bonchev–Trinajstić information content (AvgIpc) is 2.42. The second kappa shape index (κ2) is 5.75. The third kappa shape index (κ3) is 2.61.